The zero-order valence-corrected chi connectivity index (χ0v) is 9.76. The highest BCUT2D eigenvalue weighted by Gasteiger charge is 2.04. The van der Waals surface area contributed by atoms with Crippen LogP contribution in [0, 0.1) is 0 Å². The molecule has 0 aliphatic carbocycles. The molecule has 3 heteroatoms. The van der Waals surface area contributed by atoms with Crippen molar-refractivity contribution in [3.8, 4) is 0 Å². The fraction of sp³-hybridized carbons (Fsp3) is 0.462. The van der Waals surface area contributed by atoms with Crippen LogP contribution < -0.4 is 0 Å². The number of carbonyl (C=O) groups excluding carboxylic acids is 1. The van der Waals surface area contributed by atoms with Gasteiger partial charge in [-0.2, -0.15) is 0 Å². The second kappa shape index (κ2) is 8.02. The molecule has 3 nitrogen and oxygen atoms in total. The molecule has 0 aliphatic rings. The lowest BCUT2D eigenvalue weighted by Crippen LogP contribution is -2.28. The van der Waals surface area contributed by atoms with Crippen molar-refractivity contribution in [2.45, 2.75) is 13.0 Å². The van der Waals surface area contributed by atoms with Crippen molar-refractivity contribution in [3.05, 3.63) is 35.9 Å². The number of rotatable bonds is 8. The quantitative estimate of drug-likeness (QED) is 0.626. The molecule has 0 bridgehead atoms. The number of ether oxygens (including phenoxy) is 1. The highest BCUT2D eigenvalue weighted by atomic mass is 16.5. The lowest BCUT2D eigenvalue weighted by molar-refractivity contribution is -0.108. The predicted molar refractivity (Wildman–Crippen MR) is 64.3 cm³/mol. The summed E-state index contributed by atoms with van der Waals surface area (Å²) in [4.78, 5) is 12.6. The Hall–Kier alpha value is -1.19. The van der Waals surface area contributed by atoms with Gasteiger partial charge >= 0.3 is 0 Å². The molecule has 0 saturated carbocycles. The number of aldehydes is 1. The summed E-state index contributed by atoms with van der Waals surface area (Å²) in [5, 5.41) is 0. The van der Waals surface area contributed by atoms with Crippen LogP contribution in [-0.2, 0) is 16.1 Å². The van der Waals surface area contributed by atoms with Crippen molar-refractivity contribution in [2.24, 2.45) is 0 Å². The fourth-order valence-electron chi connectivity index (χ4n) is 1.57. The standard InChI is InChI=1S/C13H19NO2/c1-16-11-9-14(8-5-10-15)12-13-6-3-2-4-7-13/h2-4,6-7,10H,5,8-9,11-12H2,1H3. The van der Waals surface area contributed by atoms with E-state index in [4.69, 9.17) is 4.74 Å². The molecule has 1 aromatic carbocycles. The van der Waals surface area contributed by atoms with Crippen LogP contribution in [0.3, 0.4) is 0 Å². The minimum absolute atomic E-state index is 0.580. The van der Waals surface area contributed by atoms with E-state index < -0.39 is 0 Å². The van der Waals surface area contributed by atoms with E-state index in [2.05, 4.69) is 17.0 Å². The Morgan fingerprint density at radius 2 is 2.00 bits per heavy atom. The minimum Gasteiger partial charge on any atom is -0.383 e. The topological polar surface area (TPSA) is 29.5 Å². The number of carbonyl (C=O) groups is 1. The SMILES string of the molecule is COCCN(CCC=O)Cc1ccccc1. The number of methoxy groups -OCH3 is 1. The largest absolute Gasteiger partial charge is 0.383 e. The molecule has 0 fully saturated rings. The summed E-state index contributed by atoms with van der Waals surface area (Å²) in [7, 11) is 1.69. The monoisotopic (exact) mass is 221 g/mol. The van der Waals surface area contributed by atoms with Gasteiger partial charge in [0.25, 0.3) is 0 Å². The molecule has 88 valence electrons. The molecule has 0 spiro atoms. The summed E-state index contributed by atoms with van der Waals surface area (Å²) < 4.78 is 5.06. The van der Waals surface area contributed by atoms with Crippen LogP contribution in [0.4, 0.5) is 0 Å². The summed E-state index contributed by atoms with van der Waals surface area (Å²) in [6.45, 7) is 3.23. The van der Waals surface area contributed by atoms with E-state index >= 15 is 0 Å². The van der Waals surface area contributed by atoms with Crippen molar-refractivity contribution >= 4 is 6.29 Å². The number of hydrogen-bond acceptors (Lipinski definition) is 3. The number of nitrogens with zero attached hydrogens (tertiary/aromatic N) is 1. The van der Waals surface area contributed by atoms with Gasteiger partial charge in [-0.15, -0.1) is 0 Å². The highest BCUT2D eigenvalue weighted by Crippen LogP contribution is 2.04. The van der Waals surface area contributed by atoms with Crippen LogP contribution in [-0.4, -0.2) is 38.0 Å². The summed E-state index contributed by atoms with van der Waals surface area (Å²) >= 11 is 0. The molecular weight excluding hydrogens is 202 g/mol. The smallest absolute Gasteiger partial charge is 0.121 e. The first-order valence-electron chi connectivity index (χ1n) is 5.55. The van der Waals surface area contributed by atoms with Crippen molar-refractivity contribution in [1.29, 1.82) is 0 Å². The molecule has 0 atom stereocenters. The second-order valence-electron chi connectivity index (χ2n) is 3.71. The molecule has 0 heterocycles. The van der Waals surface area contributed by atoms with Crippen LogP contribution in [0.5, 0.6) is 0 Å². The highest BCUT2D eigenvalue weighted by molar-refractivity contribution is 5.49. The van der Waals surface area contributed by atoms with E-state index in [1.807, 2.05) is 18.2 Å². The van der Waals surface area contributed by atoms with E-state index in [-0.39, 0.29) is 0 Å². The van der Waals surface area contributed by atoms with Gasteiger partial charge < -0.3 is 9.53 Å². The minimum atomic E-state index is 0.580. The third-order valence-electron chi connectivity index (χ3n) is 2.42. The summed E-state index contributed by atoms with van der Waals surface area (Å²) in [5.74, 6) is 0. The second-order valence-corrected chi connectivity index (χ2v) is 3.71. The Kier molecular flexibility index (Phi) is 6.45. The Morgan fingerprint density at radius 1 is 1.25 bits per heavy atom. The molecule has 0 radical (unpaired) electrons. The van der Waals surface area contributed by atoms with Crippen LogP contribution in [0.2, 0.25) is 0 Å². The van der Waals surface area contributed by atoms with Crippen LogP contribution in [0.15, 0.2) is 30.3 Å². The van der Waals surface area contributed by atoms with Gasteiger partial charge in [0.2, 0.25) is 0 Å². The van der Waals surface area contributed by atoms with E-state index in [9.17, 15) is 4.79 Å². The van der Waals surface area contributed by atoms with E-state index in [0.29, 0.717) is 13.0 Å². The maximum absolute atomic E-state index is 10.4. The maximum atomic E-state index is 10.4. The van der Waals surface area contributed by atoms with Gasteiger partial charge in [-0.3, -0.25) is 4.90 Å². The molecule has 0 saturated heterocycles. The lowest BCUT2D eigenvalue weighted by Gasteiger charge is -2.20. The molecule has 0 N–H and O–H groups in total. The van der Waals surface area contributed by atoms with E-state index in [0.717, 1.165) is 25.9 Å². The summed E-state index contributed by atoms with van der Waals surface area (Å²) in [6.07, 6.45) is 1.54. The first-order chi connectivity index (χ1) is 7.86. The average molecular weight is 221 g/mol. The van der Waals surface area contributed by atoms with Gasteiger partial charge in [0.15, 0.2) is 0 Å². The van der Waals surface area contributed by atoms with Gasteiger partial charge in [0, 0.05) is 33.2 Å². The normalized spacial score (nSPS) is 10.6. The van der Waals surface area contributed by atoms with Crippen LogP contribution in [0.1, 0.15) is 12.0 Å². The Morgan fingerprint density at radius 3 is 2.62 bits per heavy atom. The molecule has 0 aliphatic heterocycles. The van der Waals surface area contributed by atoms with E-state index in [1.165, 1.54) is 5.56 Å². The predicted octanol–water partition coefficient (Wildman–Crippen LogP) is 1.72. The molecule has 16 heavy (non-hydrogen) atoms. The van der Waals surface area contributed by atoms with Gasteiger partial charge in [-0.25, -0.2) is 0 Å². The Labute approximate surface area is 97.0 Å². The molecule has 0 aromatic heterocycles. The Balaban J connectivity index is 2.45. The van der Waals surface area contributed by atoms with Gasteiger partial charge in [-0.05, 0) is 5.56 Å². The van der Waals surface area contributed by atoms with Crippen molar-refractivity contribution in [2.75, 3.05) is 26.8 Å². The summed E-state index contributed by atoms with van der Waals surface area (Å²) in [6, 6.07) is 10.3. The molecule has 1 rings (SSSR count). The number of hydrogen-bond donors (Lipinski definition) is 0. The first-order valence-corrected chi connectivity index (χ1v) is 5.55. The van der Waals surface area contributed by atoms with Crippen molar-refractivity contribution in [1.82, 2.24) is 4.90 Å². The van der Waals surface area contributed by atoms with Gasteiger partial charge in [-0.1, -0.05) is 30.3 Å². The summed E-state index contributed by atoms with van der Waals surface area (Å²) in [5.41, 5.74) is 1.27. The van der Waals surface area contributed by atoms with Crippen LogP contribution in [0.25, 0.3) is 0 Å². The average Bonchev–Trinajstić information content (AvgIpc) is 2.34. The van der Waals surface area contributed by atoms with Gasteiger partial charge in [0.1, 0.15) is 6.29 Å². The molecule has 1 aromatic rings. The van der Waals surface area contributed by atoms with Crippen molar-refractivity contribution in [3.63, 3.8) is 0 Å². The molecular formula is C13H19NO2. The maximum Gasteiger partial charge on any atom is 0.121 e. The van der Waals surface area contributed by atoms with E-state index in [1.54, 1.807) is 7.11 Å². The first kappa shape index (κ1) is 12.9. The molecule has 0 amide bonds. The zero-order chi connectivity index (χ0) is 11.6. The number of benzene rings is 1. The third-order valence-corrected chi connectivity index (χ3v) is 2.42. The van der Waals surface area contributed by atoms with Gasteiger partial charge in [0.05, 0.1) is 6.61 Å². The third kappa shape index (κ3) is 5.05. The Bertz CT molecular complexity index is 287. The fourth-order valence-corrected chi connectivity index (χ4v) is 1.57. The van der Waals surface area contributed by atoms with Crippen LogP contribution >= 0.6 is 0 Å². The molecule has 0 unspecified atom stereocenters. The van der Waals surface area contributed by atoms with Crippen molar-refractivity contribution < 1.29 is 9.53 Å². The zero-order valence-electron chi connectivity index (χ0n) is 9.76. The lowest BCUT2D eigenvalue weighted by atomic mass is 10.2.